The standard InChI is InChI=1S/C40H41BN4/c1-22-15-24(3)35-27(17-22)28-18-23(2)16-25(4)36(28)45(35)41-30-13-11-12-14-32(30)44-33-21-42-38(40(8,9)10)43-34(33)29-19-26(39(5,6)7)20-31(41)37(29)44/h11-21H,1-10H3. The fraction of sp³-hybridized carbons (Fsp3) is 0.300. The van der Waals surface area contributed by atoms with Crippen molar-refractivity contribution >= 4 is 61.5 Å². The van der Waals surface area contributed by atoms with Gasteiger partial charge < -0.3 is 9.05 Å². The quantitative estimate of drug-likeness (QED) is 0.180. The van der Waals surface area contributed by atoms with Crippen LogP contribution in [-0.2, 0) is 10.8 Å². The molecule has 0 spiro atoms. The third-order valence-electron chi connectivity index (χ3n) is 9.85. The van der Waals surface area contributed by atoms with Gasteiger partial charge >= 0.3 is 6.85 Å². The number of benzene rings is 4. The molecule has 1 aliphatic heterocycles. The Labute approximate surface area is 266 Å². The third kappa shape index (κ3) is 3.92. The molecule has 45 heavy (non-hydrogen) atoms. The second kappa shape index (κ2) is 9.09. The normalized spacial score (nSPS) is 13.5. The highest BCUT2D eigenvalue weighted by molar-refractivity contribution is 6.88. The monoisotopic (exact) mass is 588 g/mol. The third-order valence-corrected chi connectivity index (χ3v) is 9.85. The van der Waals surface area contributed by atoms with Gasteiger partial charge in [0.15, 0.2) is 0 Å². The Morgan fingerprint density at radius 1 is 0.644 bits per heavy atom. The van der Waals surface area contributed by atoms with Crippen molar-refractivity contribution in [1.29, 1.82) is 0 Å². The lowest BCUT2D eigenvalue weighted by Crippen LogP contribution is -2.53. The lowest BCUT2D eigenvalue weighted by molar-refractivity contribution is 0.548. The van der Waals surface area contributed by atoms with Gasteiger partial charge in [-0.25, -0.2) is 9.97 Å². The van der Waals surface area contributed by atoms with E-state index in [1.807, 2.05) is 0 Å². The van der Waals surface area contributed by atoms with E-state index in [2.05, 4.69) is 145 Å². The van der Waals surface area contributed by atoms with E-state index in [0.717, 1.165) is 16.9 Å². The zero-order valence-electron chi connectivity index (χ0n) is 28.2. The molecule has 0 atom stereocenters. The molecule has 4 heterocycles. The van der Waals surface area contributed by atoms with Crippen LogP contribution in [0.3, 0.4) is 0 Å². The molecule has 4 nitrogen and oxygen atoms in total. The molecule has 5 heteroatoms. The first-order valence-corrected chi connectivity index (χ1v) is 16.2. The van der Waals surface area contributed by atoms with Crippen LogP contribution in [0.2, 0.25) is 0 Å². The van der Waals surface area contributed by atoms with Gasteiger partial charge in [0.2, 0.25) is 0 Å². The average Bonchev–Trinajstić information content (AvgIpc) is 3.46. The number of fused-ring (bicyclic) bond motifs is 8. The van der Waals surface area contributed by atoms with Gasteiger partial charge in [-0.3, -0.25) is 0 Å². The molecule has 0 saturated carbocycles. The maximum Gasteiger partial charge on any atom is 0.332 e. The summed E-state index contributed by atoms with van der Waals surface area (Å²) in [7, 11) is 0. The van der Waals surface area contributed by atoms with E-state index < -0.39 is 0 Å². The fourth-order valence-electron chi connectivity index (χ4n) is 7.91. The van der Waals surface area contributed by atoms with Gasteiger partial charge in [-0.05, 0) is 85.0 Å². The predicted octanol–water partition coefficient (Wildman–Crippen LogP) is 8.48. The van der Waals surface area contributed by atoms with Gasteiger partial charge in [-0.15, -0.1) is 0 Å². The Morgan fingerprint density at radius 2 is 1.27 bits per heavy atom. The molecular formula is C40H41BN4. The Bertz CT molecular complexity index is 2330. The van der Waals surface area contributed by atoms with Crippen LogP contribution in [0.1, 0.15) is 75.2 Å². The number of rotatable bonds is 1. The van der Waals surface area contributed by atoms with E-state index in [0.29, 0.717) is 0 Å². The summed E-state index contributed by atoms with van der Waals surface area (Å²) >= 11 is 0. The van der Waals surface area contributed by atoms with Crippen molar-refractivity contribution < 1.29 is 0 Å². The minimum atomic E-state index is -0.151. The SMILES string of the molecule is Cc1cc(C)c2c(c1)c1cc(C)cc(C)c1n2B1c2ccccc2-n2c3cnc(C(C)(C)C)nc3c3cc(C(C)(C)C)cc1c32. The molecule has 0 unspecified atom stereocenters. The second-order valence-electron chi connectivity index (χ2n) is 15.5. The highest BCUT2D eigenvalue weighted by Gasteiger charge is 2.38. The lowest BCUT2D eigenvalue weighted by Gasteiger charge is -2.30. The first-order chi connectivity index (χ1) is 21.2. The molecule has 224 valence electrons. The van der Waals surface area contributed by atoms with Crippen LogP contribution in [0.4, 0.5) is 0 Å². The number of aromatic nitrogens is 4. The summed E-state index contributed by atoms with van der Waals surface area (Å²) < 4.78 is 5.11. The van der Waals surface area contributed by atoms with Crippen molar-refractivity contribution in [2.24, 2.45) is 0 Å². The van der Waals surface area contributed by atoms with Crippen LogP contribution in [0.25, 0.3) is 49.4 Å². The molecular weight excluding hydrogens is 547 g/mol. The van der Waals surface area contributed by atoms with Crippen LogP contribution in [0.15, 0.2) is 66.9 Å². The molecule has 1 aliphatic rings. The molecule has 0 aliphatic carbocycles. The lowest BCUT2D eigenvalue weighted by atomic mass is 9.47. The van der Waals surface area contributed by atoms with Crippen molar-refractivity contribution in [3.63, 3.8) is 0 Å². The molecule has 0 amide bonds. The Kier molecular flexibility index (Phi) is 5.68. The van der Waals surface area contributed by atoms with Gasteiger partial charge in [0.1, 0.15) is 11.3 Å². The van der Waals surface area contributed by atoms with Crippen molar-refractivity contribution in [1.82, 2.24) is 19.0 Å². The van der Waals surface area contributed by atoms with E-state index in [4.69, 9.17) is 9.97 Å². The van der Waals surface area contributed by atoms with Crippen LogP contribution in [0, 0.1) is 27.7 Å². The molecule has 0 N–H and O–H groups in total. The topological polar surface area (TPSA) is 35.6 Å². The molecule has 8 rings (SSSR count). The van der Waals surface area contributed by atoms with Gasteiger partial charge in [0.05, 0.1) is 17.2 Å². The van der Waals surface area contributed by atoms with E-state index in [-0.39, 0.29) is 17.7 Å². The summed E-state index contributed by atoms with van der Waals surface area (Å²) in [6, 6.07) is 23.3. The largest absolute Gasteiger partial charge is 0.375 e. The van der Waals surface area contributed by atoms with Crippen LogP contribution < -0.4 is 10.9 Å². The molecule has 0 bridgehead atoms. The highest BCUT2D eigenvalue weighted by Crippen LogP contribution is 2.39. The predicted molar refractivity (Wildman–Crippen MR) is 193 cm³/mol. The van der Waals surface area contributed by atoms with Crippen LogP contribution >= 0.6 is 0 Å². The number of hydrogen-bond acceptors (Lipinski definition) is 2. The first kappa shape index (κ1) is 28.1. The second-order valence-corrected chi connectivity index (χ2v) is 15.5. The van der Waals surface area contributed by atoms with Crippen molar-refractivity contribution in [2.45, 2.75) is 80.1 Å². The molecule has 0 fully saturated rings. The Balaban J connectivity index is 1.62. The van der Waals surface area contributed by atoms with E-state index >= 15 is 0 Å². The maximum atomic E-state index is 5.30. The average molecular weight is 589 g/mol. The number of aryl methyl sites for hydroxylation is 4. The van der Waals surface area contributed by atoms with Gasteiger partial charge in [0, 0.05) is 38.3 Å². The van der Waals surface area contributed by atoms with E-state index in [9.17, 15) is 0 Å². The van der Waals surface area contributed by atoms with Gasteiger partial charge in [-0.1, -0.05) is 89.1 Å². The maximum absolute atomic E-state index is 5.30. The Morgan fingerprint density at radius 3 is 1.87 bits per heavy atom. The minimum absolute atomic E-state index is 0.0133. The van der Waals surface area contributed by atoms with Crippen molar-refractivity contribution in [3.8, 4) is 5.69 Å². The first-order valence-electron chi connectivity index (χ1n) is 16.2. The summed E-state index contributed by atoms with van der Waals surface area (Å²) in [4.78, 5) is 10.2. The number of hydrogen-bond donors (Lipinski definition) is 0. The molecule has 3 aromatic heterocycles. The van der Waals surface area contributed by atoms with Gasteiger partial charge in [0.25, 0.3) is 0 Å². The molecule has 4 aromatic carbocycles. The van der Waals surface area contributed by atoms with Crippen molar-refractivity contribution in [2.75, 3.05) is 0 Å². The van der Waals surface area contributed by atoms with E-state index in [1.54, 1.807) is 0 Å². The zero-order chi connectivity index (χ0) is 31.7. The summed E-state index contributed by atoms with van der Waals surface area (Å²) in [5.41, 5.74) is 16.2. The smallest absolute Gasteiger partial charge is 0.332 e. The van der Waals surface area contributed by atoms with E-state index in [1.165, 1.54) is 77.1 Å². The van der Waals surface area contributed by atoms with Crippen LogP contribution in [0.5, 0.6) is 0 Å². The summed E-state index contributed by atoms with van der Waals surface area (Å²) in [6.45, 7) is 22.5. The molecule has 0 saturated heterocycles. The Hall–Kier alpha value is -4.38. The van der Waals surface area contributed by atoms with Gasteiger partial charge in [-0.2, -0.15) is 0 Å². The number of nitrogens with zero attached hydrogens (tertiary/aromatic N) is 4. The summed E-state index contributed by atoms with van der Waals surface area (Å²) in [6.07, 6.45) is 2.06. The fourth-order valence-corrected chi connectivity index (χ4v) is 7.91. The minimum Gasteiger partial charge on any atom is -0.375 e. The molecule has 0 radical (unpaired) electrons. The van der Waals surface area contributed by atoms with Crippen molar-refractivity contribution in [3.05, 3.63) is 101 Å². The summed E-state index contributed by atoms with van der Waals surface area (Å²) in [5.74, 6) is 0.875. The molecule has 7 aromatic rings. The highest BCUT2D eigenvalue weighted by atomic mass is 15.1. The number of para-hydroxylation sites is 1. The zero-order valence-corrected chi connectivity index (χ0v) is 28.2. The van der Waals surface area contributed by atoms with Crippen LogP contribution in [-0.4, -0.2) is 25.9 Å². The summed E-state index contributed by atoms with van der Waals surface area (Å²) in [5, 5.41) is 3.88.